The van der Waals surface area contributed by atoms with Crippen molar-refractivity contribution in [3.63, 3.8) is 0 Å². The molecule has 2 atom stereocenters. The van der Waals surface area contributed by atoms with Crippen LogP contribution >= 0.6 is 0 Å². The zero-order valence-electron chi connectivity index (χ0n) is 14.9. The number of anilines is 1. The van der Waals surface area contributed by atoms with Crippen LogP contribution in [0.5, 0.6) is 0 Å². The Kier molecular flexibility index (Phi) is 5.34. The van der Waals surface area contributed by atoms with Gasteiger partial charge in [0.15, 0.2) is 0 Å². The van der Waals surface area contributed by atoms with Gasteiger partial charge in [0.1, 0.15) is 6.61 Å². The van der Waals surface area contributed by atoms with Crippen LogP contribution in [-0.4, -0.2) is 73.0 Å². The molecular weight excluding hydrogens is 320 g/mol. The molecule has 0 spiro atoms. The molecule has 1 aromatic rings. The monoisotopic (exact) mass is 346 g/mol. The molecule has 2 amide bonds. The first-order valence-corrected chi connectivity index (χ1v) is 8.75. The van der Waals surface area contributed by atoms with Gasteiger partial charge in [-0.15, -0.1) is 0 Å². The maximum Gasteiger partial charge on any atom is 0.248 e. The number of aromatic nitrogens is 1. The maximum atomic E-state index is 13.2. The minimum absolute atomic E-state index is 0.00653. The van der Waals surface area contributed by atoms with Crippen molar-refractivity contribution < 1.29 is 14.3 Å². The number of hydrogen-bond donors (Lipinski definition) is 1. The van der Waals surface area contributed by atoms with Crippen LogP contribution in [-0.2, 0) is 14.3 Å². The van der Waals surface area contributed by atoms with E-state index < -0.39 is 5.41 Å². The van der Waals surface area contributed by atoms with E-state index in [9.17, 15) is 9.59 Å². The summed E-state index contributed by atoms with van der Waals surface area (Å²) >= 11 is 0. The standard InChI is InChI=1S/C18H26N4O3/c1-21-10-6-18(17(24)20-14-4-3-8-19-12-14)7-11-22(9-5-15(18)21)16(23)13-25-2/h3-4,8,12,15H,5-7,9-11,13H2,1-2H3,(H,20,24)/t15-,18-/m1/s1. The van der Waals surface area contributed by atoms with Crippen LogP contribution in [0.4, 0.5) is 5.69 Å². The Labute approximate surface area is 148 Å². The molecule has 0 unspecified atom stereocenters. The highest BCUT2D eigenvalue weighted by Crippen LogP contribution is 2.43. The molecule has 0 aliphatic carbocycles. The molecule has 1 N–H and O–H groups in total. The largest absolute Gasteiger partial charge is 0.375 e. The molecule has 3 rings (SSSR count). The van der Waals surface area contributed by atoms with Gasteiger partial charge >= 0.3 is 0 Å². The quantitative estimate of drug-likeness (QED) is 0.880. The van der Waals surface area contributed by atoms with E-state index in [0.717, 1.165) is 19.4 Å². The third-order valence-corrected chi connectivity index (χ3v) is 5.57. The van der Waals surface area contributed by atoms with Gasteiger partial charge in [0.25, 0.3) is 0 Å². The van der Waals surface area contributed by atoms with Crippen molar-refractivity contribution >= 4 is 17.5 Å². The Morgan fingerprint density at radius 3 is 2.88 bits per heavy atom. The summed E-state index contributed by atoms with van der Waals surface area (Å²) in [5.74, 6) is 0.0313. The lowest BCUT2D eigenvalue weighted by Gasteiger charge is -2.34. The first kappa shape index (κ1) is 17.8. The summed E-state index contributed by atoms with van der Waals surface area (Å²) < 4.78 is 4.98. The molecule has 7 nitrogen and oxygen atoms in total. The molecule has 0 bridgehead atoms. The Morgan fingerprint density at radius 2 is 2.16 bits per heavy atom. The van der Waals surface area contributed by atoms with Crippen molar-refractivity contribution in [1.82, 2.24) is 14.8 Å². The van der Waals surface area contributed by atoms with E-state index in [4.69, 9.17) is 4.74 Å². The minimum atomic E-state index is -0.466. The number of nitrogens with one attached hydrogen (secondary N) is 1. The zero-order valence-corrected chi connectivity index (χ0v) is 14.9. The second-order valence-corrected chi connectivity index (χ2v) is 6.95. The van der Waals surface area contributed by atoms with E-state index in [1.54, 1.807) is 12.4 Å². The zero-order chi connectivity index (χ0) is 17.9. The van der Waals surface area contributed by atoms with Crippen LogP contribution in [0, 0.1) is 5.41 Å². The van der Waals surface area contributed by atoms with Gasteiger partial charge in [-0.2, -0.15) is 0 Å². The lowest BCUT2D eigenvalue weighted by atomic mass is 9.75. The van der Waals surface area contributed by atoms with Crippen molar-refractivity contribution in [3.8, 4) is 0 Å². The highest BCUT2D eigenvalue weighted by atomic mass is 16.5. The summed E-state index contributed by atoms with van der Waals surface area (Å²) in [6.07, 6.45) is 5.63. The lowest BCUT2D eigenvalue weighted by molar-refractivity contribution is -0.135. The molecule has 0 saturated carbocycles. The Balaban J connectivity index is 1.79. The molecule has 2 saturated heterocycles. The number of fused-ring (bicyclic) bond motifs is 1. The van der Waals surface area contributed by atoms with Crippen LogP contribution in [0.15, 0.2) is 24.5 Å². The number of likely N-dealkylation sites (tertiary alicyclic amines) is 2. The number of amides is 2. The van der Waals surface area contributed by atoms with Crippen LogP contribution in [0.25, 0.3) is 0 Å². The number of rotatable bonds is 4. The normalized spacial score (nSPS) is 26.8. The van der Waals surface area contributed by atoms with Crippen molar-refractivity contribution in [1.29, 1.82) is 0 Å². The van der Waals surface area contributed by atoms with Gasteiger partial charge in [-0.25, -0.2) is 0 Å². The van der Waals surface area contributed by atoms with Crippen LogP contribution in [0.3, 0.4) is 0 Å². The highest BCUT2D eigenvalue weighted by Gasteiger charge is 2.52. The Bertz CT molecular complexity index is 624. The van der Waals surface area contributed by atoms with E-state index >= 15 is 0 Å². The number of pyridine rings is 1. The summed E-state index contributed by atoms with van der Waals surface area (Å²) in [7, 11) is 3.59. The van der Waals surface area contributed by atoms with Crippen molar-refractivity contribution in [2.24, 2.45) is 5.41 Å². The Hall–Kier alpha value is -1.99. The number of carbonyl (C=O) groups is 2. The van der Waals surface area contributed by atoms with Gasteiger partial charge in [-0.1, -0.05) is 0 Å². The second-order valence-electron chi connectivity index (χ2n) is 6.95. The smallest absolute Gasteiger partial charge is 0.248 e. The van der Waals surface area contributed by atoms with Gasteiger partial charge in [-0.3, -0.25) is 14.6 Å². The van der Waals surface area contributed by atoms with Crippen LogP contribution in [0.1, 0.15) is 19.3 Å². The van der Waals surface area contributed by atoms with E-state index in [2.05, 4.69) is 22.2 Å². The van der Waals surface area contributed by atoms with Gasteiger partial charge in [0, 0.05) is 32.4 Å². The molecule has 136 valence electrons. The highest BCUT2D eigenvalue weighted by molar-refractivity contribution is 5.96. The maximum absolute atomic E-state index is 13.2. The van der Waals surface area contributed by atoms with Crippen LogP contribution < -0.4 is 5.32 Å². The number of methoxy groups -OCH3 is 1. The fraction of sp³-hybridized carbons (Fsp3) is 0.611. The second kappa shape index (κ2) is 7.49. The third-order valence-electron chi connectivity index (χ3n) is 5.57. The van der Waals surface area contributed by atoms with E-state index in [0.29, 0.717) is 25.2 Å². The lowest BCUT2D eigenvalue weighted by Crippen LogP contribution is -2.46. The molecule has 3 heterocycles. The van der Waals surface area contributed by atoms with Crippen molar-refractivity contribution in [2.45, 2.75) is 25.3 Å². The van der Waals surface area contributed by atoms with Gasteiger partial charge in [0.2, 0.25) is 11.8 Å². The molecule has 25 heavy (non-hydrogen) atoms. The van der Waals surface area contributed by atoms with Crippen molar-refractivity contribution in [3.05, 3.63) is 24.5 Å². The fourth-order valence-corrected chi connectivity index (χ4v) is 4.17. The van der Waals surface area contributed by atoms with Gasteiger partial charge in [-0.05, 0) is 45.0 Å². The molecular formula is C18H26N4O3. The summed E-state index contributed by atoms with van der Waals surface area (Å²) in [4.78, 5) is 33.5. The van der Waals surface area contributed by atoms with Gasteiger partial charge < -0.3 is 19.9 Å². The SMILES string of the molecule is COCC(=O)N1CC[C@H]2N(C)CC[C@@]2(C(=O)Nc2cccnc2)CC1. The third kappa shape index (κ3) is 3.52. The van der Waals surface area contributed by atoms with Gasteiger partial charge in [0.05, 0.1) is 17.3 Å². The first-order chi connectivity index (χ1) is 12.1. The van der Waals surface area contributed by atoms with Crippen LogP contribution in [0.2, 0.25) is 0 Å². The molecule has 0 radical (unpaired) electrons. The number of ether oxygens (including phenoxy) is 1. The summed E-state index contributed by atoms with van der Waals surface area (Å²) in [6, 6.07) is 3.80. The topological polar surface area (TPSA) is 74.8 Å². The molecule has 1 aromatic heterocycles. The number of carbonyl (C=O) groups excluding carboxylic acids is 2. The molecule has 2 aliphatic heterocycles. The predicted molar refractivity (Wildman–Crippen MR) is 94.0 cm³/mol. The summed E-state index contributed by atoms with van der Waals surface area (Å²) in [6.45, 7) is 2.25. The summed E-state index contributed by atoms with van der Waals surface area (Å²) in [5.41, 5.74) is 0.249. The van der Waals surface area contributed by atoms with E-state index in [-0.39, 0.29) is 24.5 Å². The van der Waals surface area contributed by atoms with Crippen molar-refractivity contribution in [2.75, 3.05) is 45.7 Å². The average molecular weight is 346 g/mol. The fourth-order valence-electron chi connectivity index (χ4n) is 4.17. The number of hydrogen-bond acceptors (Lipinski definition) is 5. The molecule has 7 heteroatoms. The molecule has 0 aromatic carbocycles. The minimum Gasteiger partial charge on any atom is -0.375 e. The molecule has 2 fully saturated rings. The molecule has 2 aliphatic rings. The first-order valence-electron chi connectivity index (χ1n) is 8.75. The van der Waals surface area contributed by atoms with E-state index in [1.165, 1.54) is 7.11 Å². The van der Waals surface area contributed by atoms with E-state index in [1.807, 2.05) is 17.0 Å². The number of nitrogens with zero attached hydrogens (tertiary/aromatic N) is 3. The summed E-state index contributed by atoms with van der Waals surface area (Å²) in [5, 5.41) is 3.04. The average Bonchev–Trinajstić information content (AvgIpc) is 2.81. The Morgan fingerprint density at radius 1 is 1.36 bits per heavy atom. The predicted octanol–water partition coefficient (Wildman–Crippen LogP) is 0.979.